The largest absolute Gasteiger partial charge is 0.300 e. The van der Waals surface area contributed by atoms with Gasteiger partial charge in [0.05, 0.1) is 0 Å². The number of carbonyl (C=O) groups excluding carboxylic acids is 1. The van der Waals surface area contributed by atoms with Crippen LogP contribution in [0.2, 0.25) is 0 Å². The molecular weight excluding hydrogens is 268 g/mol. The number of amides is 1. The summed E-state index contributed by atoms with van der Waals surface area (Å²) in [5.41, 5.74) is 0. The molecule has 3 nitrogen and oxygen atoms in total. The average Bonchev–Trinajstić information content (AvgIpc) is 2.22. The molecule has 0 unspecified atom stereocenters. The zero-order valence-corrected chi connectivity index (χ0v) is 10.9. The fourth-order valence-corrected chi connectivity index (χ4v) is 2.11. The van der Waals surface area contributed by atoms with Gasteiger partial charge in [-0.2, -0.15) is 0 Å². The van der Waals surface area contributed by atoms with Crippen molar-refractivity contribution < 1.29 is 4.79 Å². The second-order valence-electron chi connectivity index (χ2n) is 4.29. The first kappa shape index (κ1) is 11.6. The number of hydrogen-bond donors (Lipinski definition) is 0. The number of pyridine rings is 1. The van der Waals surface area contributed by atoms with E-state index in [1.807, 2.05) is 12.1 Å². The van der Waals surface area contributed by atoms with Crippen molar-refractivity contribution in [2.24, 2.45) is 5.92 Å². The van der Waals surface area contributed by atoms with Crippen LogP contribution in [0.4, 0.5) is 5.82 Å². The van der Waals surface area contributed by atoms with Crippen LogP contribution in [0.1, 0.15) is 25.7 Å². The highest BCUT2D eigenvalue weighted by Crippen LogP contribution is 2.30. The van der Waals surface area contributed by atoms with E-state index in [1.54, 1.807) is 18.1 Å². The Morgan fingerprint density at radius 3 is 2.94 bits per heavy atom. The minimum absolute atomic E-state index is 0.162. The van der Waals surface area contributed by atoms with Gasteiger partial charge < -0.3 is 0 Å². The van der Waals surface area contributed by atoms with Gasteiger partial charge in [-0.3, -0.25) is 9.69 Å². The summed E-state index contributed by atoms with van der Waals surface area (Å²) >= 11 is 3.38. The quantitative estimate of drug-likeness (QED) is 0.854. The molecule has 0 radical (unpaired) electrons. The summed E-state index contributed by atoms with van der Waals surface area (Å²) < 4.78 is 0.945. The van der Waals surface area contributed by atoms with Gasteiger partial charge in [0.25, 0.3) is 0 Å². The third-order valence-corrected chi connectivity index (χ3v) is 3.61. The maximum Gasteiger partial charge on any atom is 0.228 e. The molecule has 4 heteroatoms. The van der Waals surface area contributed by atoms with E-state index < -0.39 is 0 Å². The second kappa shape index (κ2) is 4.95. The van der Waals surface area contributed by atoms with Crippen LogP contribution in [0, 0.1) is 5.92 Å². The monoisotopic (exact) mass is 282 g/mol. The maximum atomic E-state index is 11.9. The van der Waals surface area contributed by atoms with Crippen LogP contribution in [-0.4, -0.2) is 17.9 Å². The van der Waals surface area contributed by atoms with Crippen molar-refractivity contribution in [3.05, 3.63) is 22.8 Å². The van der Waals surface area contributed by atoms with Gasteiger partial charge in [-0.15, -0.1) is 0 Å². The van der Waals surface area contributed by atoms with Crippen molar-refractivity contribution in [2.45, 2.75) is 25.7 Å². The highest BCUT2D eigenvalue weighted by Gasteiger charge is 2.23. The molecule has 0 aromatic carbocycles. The molecular formula is C12H15BrN2O. The third kappa shape index (κ3) is 2.61. The Bertz CT molecular complexity index is 390. The van der Waals surface area contributed by atoms with E-state index in [1.165, 1.54) is 19.3 Å². The molecule has 0 bridgehead atoms. The van der Waals surface area contributed by atoms with Gasteiger partial charge in [-0.25, -0.2) is 4.98 Å². The Morgan fingerprint density at radius 2 is 2.38 bits per heavy atom. The summed E-state index contributed by atoms with van der Waals surface area (Å²) in [5.74, 6) is 1.47. The SMILES string of the molecule is CN(C(=O)CC1CCC1)c1cc(Br)ccn1. The predicted octanol–water partition coefficient (Wildman–Crippen LogP) is 3.00. The fourth-order valence-electron chi connectivity index (χ4n) is 1.79. The standard InChI is InChI=1S/C12H15BrN2O/c1-15(11-8-10(13)5-6-14-11)12(16)7-9-3-2-4-9/h5-6,8-9H,2-4,7H2,1H3. The van der Waals surface area contributed by atoms with Gasteiger partial charge in [0.15, 0.2) is 0 Å². The van der Waals surface area contributed by atoms with Crippen LogP contribution in [0.15, 0.2) is 22.8 Å². The minimum atomic E-state index is 0.162. The molecule has 1 heterocycles. The first-order chi connectivity index (χ1) is 7.66. The number of aromatic nitrogens is 1. The van der Waals surface area contributed by atoms with Crippen molar-refractivity contribution in [1.29, 1.82) is 0 Å². The van der Waals surface area contributed by atoms with Crippen molar-refractivity contribution in [2.75, 3.05) is 11.9 Å². The van der Waals surface area contributed by atoms with Crippen LogP contribution in [-0.2, 0) is 4.79 Å². The van der Waals surface area contributed by atoms with E-state index >= 15 is 0 Å². The lowest BCUT2D eigenvalue weighted by molar-refractivity contribution is -0.119. The highest BCUT2D eigenvalue weighted by atomic mass is 79.9. The lowest BCUT2D eigenvalue weighted by Gasteiger charge is -2.26. The molecule has 0 spiro atoms. The summed E-state index contributed by atoms with van der Waals surface area (Å²) in [6.07, 6.45) is 6.03. The van der Waals surface area contributed by atoms with Gasteiger partial charge in [0, 0.05) is 24.1 Å². The van der Waals surface area contributed by atoms with Gasteiger partial charge in [0.1, 0.15) is 5.82 Å². The number of rotatable bonds is 3. The lowest BCUT2D eigenvalue weighted by atomic mass is 9.83. The molecule has 1 amide bonds. The van der Waals surface area contributed by atoms with Gasteiger partial charge in [-0.05, 0) is 30.9 Å². The van der Waals surface area contributed by atoms with E-state index in [-0.39, 0.29) is 5.91 Å². The van der Waals surface area contributed by atoms with Crippen molar-refractivity contribution in [3.63, 3.8) is 0 Å². The van der Waals surface area contributed by atoms with Crippen molar-refractivity contribution in [1.82, 2.24) is 4.98 Å². The van der Waals surface area contributed by atoms with Crippen LogP contribution in [0.5, 0.6) is 0 Å². The highest BCUT2D eigenvalue weighted by molar-refractivity contribution is 9.10. The van der Waals surface area contributed by atoms with Crippen LogP contribution in [0.25, 0.3) is 0 Å². The molecule has 0 saturated heterocycles. The van der Waals surface area contributed by atoms with E-state index in [2.05, 4.69) is 20.9 Å². The zero-order chi connectivity index (χ0) is 11.5. The van der Waals surface area contributed by atoms with Gasteiger partial charge in [0.2, 0.25) is 5.91 Å². The predicted molar refractivity (Wildman–Crippen MR) is 67.3 cm³/mol. The number of hydrogen-bond acceptors (Lipinski definition) is 2. The summed E-state index contributed by atoms with van der Waals surface area (Å²) in [7, 11) is 1.79. The summed E-state index contributed by atoms with van der Waals surface area (Å²) in [4.78, 5) is 17.8. The number of carbonyl (C=O) groups is 1. The Kier molecular flexibility index (Phi) is 3.59. The smallest absolute Gasteiger partial charge is 0.228 e. The Labute approximate surface area is 104 Å². The second-order valence-corrected chi connectivity index (χ2v) is 5.20. The molecule has 0 N–H and O–H groups in total. The zero-order valence-electron chi connectivity index (χ0n) is 9.32. The Morgan fingerprint density at radius 1 is 1.62 bits per heavy atom. The maximum absolute atomic E-state index is 11.9. The summed E-state index contributed by atoms with van der Waals surface area (Å²) in [5, 5.41) is 0. The molecule has 0 aliphatic heterocycles. The molecule has 1 aliphatic carbocycles. The minimum Gasteiger partial charge on any atom is -0.300 e. The normalized spacial score (nSPS) is 15.6. The molecule has 86 valence electrons. The molecule has 16 heavy (non-hydrogen) atoms. The Hall–Kier alpha value is -0.900. The van der Waals surface area contributed by atoms with E-state index in [9.17, 15) is 4.79 Å². The molecule has 0 atom stereocenters. The van der Waals surface area contributed by atoms with Crippen LogP contribution < -0.4 is 4.90 Å². The molecule has 1 aromatic rings. The van der Waals surface area contributed by atoms with Gasteiger partial charge in [-0.1, -0.05) is 22.4 Å². The van der Waals surface area contributed by atoms with Crippen molar-refractivity contribution in [3.8, 4) is 0 Å². The molecule has 1 aromatic heterocycles. The third-order valence-electron chi connectivity index (χ3n) is 3.11. The van der Waals surface area contributed by atoms with Crippen molar-refractivity contribution >= 4 is 27.7 Å². The first-order valence-electron chi connectivity index (χ1n) is 5.55. The topological polar surface area (TPSA) is 33.2 Å². The molecule has 1 fully saturated rings. The van der Waals surface area contributed by atoms with E-state index in [0.717, 1.165) is 4.47 Å². The number of anilines is 1. The van der Waals surface area contributed by atoms with E-state index in [0.29, 0.717) is 18.2 Å². The van der Waals surface area contributed by atoms with Crippen LogP contribution in [0.3, 0.4) is 0 Å². The Balaban J connectivity index is 2.00. The average molecular weight is 283 g/mol. The van der Waals surface area contributed by atoms with Gasteiger partial charge >= 0.3 is 0 Å². The number of nitrogens with zero attached hydrogens (tertiary/aromatic N) is 2. The summed E-state index contributed by atoms with van der Waals surface area (Å²) in [6, 6.07) is 3.71. The molecule has 2 rings (SSSR count). The first-order valence-corrected chi connectivity index (χ1v) is 6.34. The molecule has 1 aliphatic rings. The molecule has 1 saturated carbocycles. The van der Waals surface area contributed by atoms with E-state index in [4.69, 9.17) is 0 Å². The lowest BCUT2D eigenvalue weighted by Crippen LogP contribution is -2.30. The summed E-state index contributed by atoms with van der Waals surface area (Å²) in [6.45, 7) is 0. The number of halogens is 1. The fraction of sp³-hybridized carbons (Fsp3) is 0.500. The van der Waals surface area contributed by atoms with Crippen LogP contribution >= 0.6 is 15.9 Å².